The summed E-state index contributed by atoms with van der Waals surface area (Å²) in [5.74, 6) is 0.305. The number of piperidine rings is 1. The maximum atomic E-state index is 12.9. The number of benzene rings is 1. The lowest BCUT2D eigenvalue weighted by molar-refractivity contribution is 0.0899. The molecule has 4 nitrogen and oxygen atoms in total. The maximum Gasteiger partial charge on any atom is 0.287 e. The molecule has 27 heavy (non-hydrogen) atoms. The summed E-state index contributed by atoms with van der Waals surface area (Å²) in [6.45, 7) is 6.81. The van der Waals surface area contributed by atoms with Gasteiger partial charge in [-0.25, -0.2) is 0 Å². The lowest BCUT2D eigenvalue weighted by Crippen LogP contribution is -2.40. The molecule has 0 spiro atoms. The highest BCUT2D eigenvalue weighted by Crippen LogP contribution is 2.29. The molecule has 3 heterocycles. The van der Waals surface area contributed by atoms with E-state index >= 15 is 0 Å². The van der Waals surface area contributed by atoms with Crippen molar-refractivity contribution in [1.82, 2.24) is 10.2 Å². The van der Waals surface area contributed by atoms with Crippen LogP contribution in [0.15, 0.2) is 40.1 Å². The molecule has 0 saturated carbocycles. The predicted octanol–water partition coefficient (Wildman–Crippen LogP) is 5.07. The fourth-order valence-corrected chi connectivity index (χ4v) is 4.80. The number of carbonyl (C=O) groups is 1. The van der Waals surface area contributed by atoms with Gasteiger partial charge in [0.05, 0.1) is 6.04 Å². The van der Waals surface area contributed by atoms with E-state index in [1.54, 1.807) is 11.3 Å². The van der Waals surface area contributed by atoms with E-state index in [9.17, 15) is 4.79 Å². The van der Waals surface area contributed by atoms with Crippen molar-refractivity contribution in [1.29, 1.82) is 0 Å². The maximum absolute atomic E-state index is 12.9. The topological polar surface area (TPSA) is 45.5 Å². The molecule has 5 heteroatoms. The minimum Gasteiger partial charge on any atom is -0.451 e. The highest BCUT2D eigenvalue weighted by atomic mass is 32.1. The summed E-state index contributed by atoms with van der Waals surface area (Å²) in [6.07, 6.45) is 3.77. The second-order valence-electron chi connectivity index (χ2n) is 7.39. The first kappa shape index (κ1) is 18.3. The van der Waals surface area contributed by atoms with Crippen molar-refractivity contribution in [3.63, 3.8) is 0 Å². The van der Waals surface area contributed by atoms with E-state index in [-0.39, 0.29) is 11.9 Å². The molecule has 2 aromatic heterocycles. The number of carbonyl (C=O) groups excluding carboxylic acids is 1. The van der Waals surface area contributed by atoms with Crippen molar-refractivity contribution in [3.8, 4) is 0 Å². The molecule has 1 saturated heterocycles. The molecule has 1 unspecified atom stereocenters. The Bertz CT molecular complexity index is 923. The Morgan fingerprint density at radius 1 is 1.22 bits per heavy atom. The number of likely N-dealkylation sites (tertiary alicyclic amines) is 1. The van der Waals surface area contributed by atoms with Crippen LogP contribution in [0.1, 0.15) is 51.9 Å². The van der Waals surface area contributed by atoms with E-state index in [1.165, 1.54) is 29.7 Å². The monoisotopic (exact) mass is 382 g/mol. The molecule has 1 amide bonds. The summed E-state index contributed by atoms with van der Waals surface area (Å²) >= 11 is 1.76. The minimum absolute atomic E-state index is 0.125. The molecule has 1 fully saturated rings. The molecule has 0 bridgehead atoms. The summed E-state index contributed by atoms with van der Waals surface area (Å²) in [5.41, 5.74) is 2.85. The third-order valence-corrected chi connectivity index (χ3v) is 6.43. The fraction of sp³-hybridized carbons (Fsp3) is 0.409. The zero-order chi connectivity index (χ0) is 18.8. The van der Waals surface area contributed by atoms with Crippen LogP contribution in [0.2, 0.25) is 0 Å². The number of nitrogens with one attached hydrogen (secondary N) is 1. The van der Waals surface area contributed by atoms with E-state index in [0.29, 0.717) is 12.3 Å². The van der Waals surface area contributed by atoms with Gasteiger partial charge < -0.3 is 9.73 Å². The molecule has 3 aromatic rings. The summed E-state index contributed by atoms with van der Waals surface area (Å²) < 4.78 is 5.86. The smallest absolute Gasteiger partial charge is 0.287 e. The highest BCUT2D eigenvalue weighted by Gasteiger charge is 2.25. The van der Waals surface area contributed by atoms with E-state index in [4.69, 9.17) is 4.42 Å². The zero-order valence-corrected chi connectivity index (χ0v) is 16.8. The van der Waals surface area contributed by atoms with Gasteiger partial charge in [0.1, 0.15) is 5.58 Å². The molecule has 142 valence electrons. The van der Waals surface area contributed by atoms with E-state index in [0.717, 1.165) is 29.6 Å². The minimum atomic E-state index is -0.125. The largest absolute Gasteiger partial charge is 0.451 e. The Balaban J connectivity index is 1.52. The number of nitrogens with zero attached hydrogens (tertiary/aromatic N) is 1. The lowest BCUT2D eigenvalue weighted by atomic mass is 10.1. The van der Waals surface area contributed by atoms with Gasteiger partial charge in [-0.2, -0.15) is 0 Å². The van der Waals surface area contributed by atoms with Gasteiger partial charge in [0.25, 0.3) is 5.91 Å². The summed E-state index contributed by atoms with van der Waals surface area (Å²) in [4.78, 5) is 16.7. The van der Waals surface area contributed by atoms with E-state index in [2.05, 4.69) is 40.7 Å². The second kappa shape index (κ2) is 7.87. The van der Waals surface area contributed by atoms with Gasteiger partial charge in [-0.1, -0.05) is 24.1 Å². The average molecular weight is 383 g/mol. The van der Waals surface area contributed by atoms with Crippen LogP contribution in [-0.4, -0.2) is 30.4 Å². The Morgan fingerprint density at radius 2 is 2.04 bits per heavy atom. The highest BCUT2D eigenvalue weighted by molar-refractivity contribution is 7.10. The first-order valence-electron chi connectivity index (χ1n) is 9.69. The first-order valence-corrected chi connectivity index (χ1v) is 10.6. The summed E-state index contributed by atoms with van der Waals surface area (Å²) in [7, 11) is 0. The third kappa shape index (κ3) is 3.80. The summed E-state index contributed by atoms with van der Waals surface area (Å²) in [5, 5.41) is 6.26. The Morgan fingerprint density at radius 3 is 2.78 bits per heavy atom. The molecule has 1 aromatic carbocycles. The molecular weight excluding hydrogens is 356 g/mol. The number of thiophene rings is 1. The van der Waals surface area contributed by atoms with Gasteiger partial charge in [-0.05, 0) is 63.4 Å². The predicted molar refractivity (Wildman–Crippen MR) is 111 cm³/mol. The lowest BCUT2D eigenvalue weighted by Gasteiger charge is -2.34. The van der Waals surface area contributed by atoms with Crippen LogP contribution in [0.5, 0.6) is 0 Å². The van der Waals surface area contributed by atoms with Crippen LogP contribution in [-0.2, 0) is 0 Å². The van der Waals surface area contributed by atoms with E-state index < -0.39 is 0 Å². The normalized spacial score (nSPS) is 16.5. The molecule has 4 rings (SSSR count). The van der Waals surface area contributed by atoms with Gasteiger partial charge in [-0.3, -0.25) is 9.69 Å². The number of furan rings is 1. The van der Waals surface area contributed by atoms with Crippen molar-refractivity contribution >= 4 is 28.2 Å². The quantitative estimate of drug-likeness (QED) is 0.670. The number of amides is 1. The van der Waals surface area contributed by atoms with Gasteiger partial charge in [0, 0.05) is 22.4 Å². The number of hydrogen-bond donors (Lipinski definition) is 1. The SMILES string of the molecule is Cc1ccc2oc(C(=O)NCC(c3cccs3)N3CCCCC3)c(C)c2c1. The molecule has 1 aliphatic rings. The van der Waals surface area contributed by atoms with Gasteiger partial charge in [0.15, 0.2) is 5.76 Å². The van der Waals surface area contributed by atoms with Gasteiger partial charge in [-0.15, -0.1) is 11.3 Å². The number of hydrogen-bond acceptors (Lipinski definition) is 4. The fourth-order valence-electron chi connectivity index (χ4n) is 3.94. The number of rotatable bonds is 5. The van der Waals surface area contributed by atoms with Crippen molar-refractivity contribution in [2.75, 3.05) is 19.6 Å². The van der Waals surface area contributed by atoms with Gasteiger partial charge in [0.2, 0.25) is 0 Å². The Hall–Kier alpha value is -2.11. The Labute approximate surface area is 164 Å². The standard InChI is InChI=1S/C22H26N2O2S/c1-15-8-9-19-17(13-15)16(2)21(26-19)22(25)23-14-18(20-7-6-12-27-20)24-10-4-3-5-11-24/h6-9,12-13,18H,3-5,10-11,14H2,1-2H3,(H,23,25). The van der Waals surface area contributed by atoms with Crippen molar-refractivity contribution in [2.45, 2.75) is 39.2 Å². The van der Waals surface area contributed by atoms with Crippen LogP contribution in [0.4, 0.5) is 0 Å². The average Bonchev–Trinajstić information content (AvgIpc) is 3.32. The first-order chi connectivity index (χ1) is 13.1. The number of fused-ring (bicyclic) bond motifs is 1. The van der Waals surface area contributed by atoms with Crippen molar-refractivity contribution in [3.05, 3.63) is 57.5 Å². The van der Waals surface area contributed by atoms with Crippen molar-refractivity contribution in [2.24, 2.45) is 0 Å². The third-order valence-electron chi connectivity index (χ3n) is 5.46. The van der Waals surface area contributed by atoms with Crippen LogP contribution >= 0.6 is 11.3 Å². The van der Waals surface area contributed by atoms with Crippen molar-refractivity contribution < 1.29 is 9.21 Å². The Kier molecular flexibility index (Phi) is 5.32. The summed E-state index contributed by atoms with van der Waals surface area (Å²) in [6, 6.07) is 10.5. The zero-order valence-electron chi connectivity index (χ0n) is 16.0. The second-order valence-corrected chi connectivity index (χ2v) is 8.37. The molecule has 1 atom stereocenters. The van der Waals surface area contributed by atoms with Crippen LogP contribution in [0, 0.1) is 13.8 Å². The van der Waals surface area contributed by atoms with E-state index in [1.807, 2.05) is 19.1 Å². The number of aryl methyl sites for hydroxylation is 2. The molecule has 0 radical (unpaired) electrons. The molecule has 0 aliphatic carbocycles. The van der Waals surface area contributed by atoms with Crippen LogP contribution < -0.4 is 5.32 Å². The van der Waals surface area contributed by atoms with Crippen LogP contribution in [0.3, 0.4) is 0 Å². The van der Waals surface area contributed by atoms with Crippen LogP contribution in [0.25, 0.3) is 11.0 Å². The van der Waals surface area contributed by atoms with Gasteiger partial charge >= 0.3 is 0 Å². The molecule has 1 aliphatic heterocycles. The molecular formula is C22H26N2O2S. The molecule has 1 N–H and O–H groups in total.